The van der Waals surface area contributed by atoms with Crippen LogP contribution in [0.25, 0.3) is 0 Å². The smallest absolute Gasteiger partial charge is 0.319 e. The minimum Gasteiger partial charge on any atom is -0.326 e. The van der Waals surface area contributed by atoms with Crippen molar-refractivity contribution in [3.05, 3.63) is 60.2 Å². The quantitative estimate of drug-likeness (QED) is 0.880. The Kier molecular flexibility index (Phi) is 5.56. The van der Waals surface area contributed by atoms with Crippen molar-refractivity contribution < 1.29 is 9.59 Å². The van der Waals surface area contributed by atoms with E-state index in [1.54, 1.807) is 0 Å². The highest BCUT2D eigenvalue weighted by Crippen LogP contribution is 2.27. The predicted molar refractivity (Wildman–Crippen MR) is 104 cm³/mol. The van der Waals surface area contributed by atoms with Gasteiger partial charge in [-0.3, -0.25) is 4.79 Å². The van der Waals surface area contributed by atoms with Gasteiger partial charge in [-0.1, -0.05) is 50.2 Å². The van der Waals surface area contributed by atoms with Crippen LogP contribution >= 0.6 is 0 Å². The second-order valence-corrected chi connectivity index (χ2v) is 6.91. The van der Waals surface area contributed by atoms with Gasteiger partial charge in [0.05, 0.1) is 0 Å². The molecule has 0 spiro atoms. The summed E-state index contributed by atoms with van der Waals surface area (Å²) in [5.41, 5.74) is 2.84. The molecule has 0 bridgehead atoms. The molecule has 0 radical (unpaired) electrons. The Hall–Kier alpha value is -2.82. The standard InChI is InChI=1S/C21H25N3O2/c1-15(2)19(23-21(26)22-17-11-4-3-5-12-17)20(25)24-14-8-10-16-9-6-7-13-18(16)24/h3-7,9,11-13,15,19H,8,10,14H2,1-2H3,(H2,22,23,26). The number of aryl methyl sites for hydroxylation is 1. The number of carbonyl (C=O) groups is 2. The fraction of sp³-hybridized carbons (Fsp3) is 0.333. The van der Waals surface area contributed by atoms with Gasteiger partial charge >= 0.3 is 6.03 Å². The molecular formula is C21H25N3O2. The molecule has 2 aromatic carbocycles. The first kappa shape index (κ1) is 18.0. The van der Waals surface area contributed by atoms with Crippen LogP contribution < -0.4 is 15.5 Å². The third-order valence-corrected chi connectivity index (χ3v) is 4.63. The molecule has 2 N–H and O–H groups in total. The zero-order chi connectivity index (χ0) is 18.5. The van der Waals surface area contributed by atoms with E-state index in [1.165, 1.54) is 5.56 Å². The Bertz CT molecular complexity index is 774. The average Bonchev–Trinajstić information content (AvgIpc) is 2.65. The van der Waals surface area contributed by atoms with Gasteiger partial charge < -0.3 is 15.5 Å². The van der Waals surface area contributed by atoms with Crippen LogP contribution in [0.15, 0.2) is 54.6 Å². The maximum absolute atomic E-state index is 13.2. The Morgan fingerprint density at radius 3 is 2.42 bits per heavy atom. The number of urea groups is 1. The molecule has 1 atom stereocenters. The summed E-state index contributed by atoms with van der Waals surface area (Å²) in [6.45, 7) is 4.57. The van der Waals surface area contributed by atoms with E-state index in [0.717, 1.165) is 18.5 Å². The highest BCUT2D eigenvalue weighted by molar-refractivity contribution is 6.01. The molecule has 0 saturated heterocycles. The van der Waals surface area contributed by atoms with Crippen LogP contribution in [0.1, 0.15) is 25.8 Å². The van der Waals surface area contributed by atoms with Crippen LogP contribution in [0.5, 0.6) is 0 Å². The van der Waals surface area contributed by atoms with Gasteiger partial charge in [0.25, 0.3) is 0 Å². The van der Waals surface area contributed by atoms with Gasteiger partial charge in [0.15, 0.2) is 0 Å². The molecule has 1 heterocycles. The van der Waals surface area contributed by atoms with Crippen LogP contribution in [-0.4, -0.2) is 24.5 Å². The minimum absolute atomic E-state index is 0.0156. The van der Waals surface area contributed by atoms with Crippen molar-refractivity contribution in [2.24, 2.45) is 5.92 Å². The maximum Gasteiger partial charge on any atom is 0.319 e. The number of nitrogens with one attached hydrogen (secondary N) is 2. The Morgan fingerprint density at radius 1 is 1.00 bits per heavy atom. The van der Waals surface area contributed by atoms with E-state index in [-0.39, 0.29) is 17.9 Å². The van der Waals surface area contributed by atoms with Crippen molar-refractivity contribution in [3.8, 4) is 0 Å². The van der Waals surface area contributed by atoms with E-state index in [1.807, 2.05) is 67.3 Å². The van der Waals surface area contributed by atoms with Gasteiger partial charge in [0, 0.05) is 17.9 Å². The van der Waals surface area contributed by atoms with Crippen molar-refractivity contribution in [2.75, 3.05) is 16.8 Å². The van der Waals surface area contributed by atoms with Crippen molar-refractivity contribution in [2.45, 2.75) is 32.7 Å². The molecule has 0 fully saturated rings. The van der Waals surface area contributed by atoms with E-state index >= 15 is 0 Å². The molecule has 3 amide bonds. The van der Waals surface area contributed by atoms with E-state index in [2.05, 4.69) is 16.7 Å². The van der Waals surface area contributed by atoms with Crippen LogP contribution in [0.3, 0.4) is 0 Å². The lowest BCUT2D eigenvalue weighted by Crippen LogP contribution is -2.53. The third-order valence-electron chi connectivity index (χ3n) is 4.63. The number of rotatable bonds is 4. The molecule has 1 unspecified atom stereocenters. The summed E-state index contributed by atoms with van der Waals surface area (Å²) < 4.78 is 0. The van der Waals surface area contributed by atoms with Gasteiger partial charge in [0.2, 0.25) is 5.91 Å². The molecule has 26 heavy (non-hydrogen) atoms. The molecule has 3 rings (SSSR count). The molecule has 1 aliphatic rings. The lowest BCUT2D eigenvalue weighted by Gasteiger charge is -2.33. The molecule has 5 nitrogen and oxygen atoms in total. The van der Waals surface area contributed by atoms with Crippen LogP contribution in [0, 0.1) is 5.92 Å². The molecular weight excluding hydrogens is 326 g/mol. The Labute approximate surface area is 154 Å². The number of amides is 3. The van der Waals surface area contributed by atoms with Crippen LogP contribution in [0.2, 0.25) is 0 Å². The average molecular weight is 351 g/mol. The zero-order valence-corrected chi connectivity index (χ0v) is 15.2. The lowest BCUT2D eigenvalue weighted by molar-refractivity contribution is -0.121. The number of hydrogen-bond acceptors (Lipinski definition) is 2. The summed E-state index contributed by atoms with van der Waals surface area (Å²) in [6, 6.07) is 16.3. The number of nitrogens with zero attached hydrogens (tertiary/aromatic N) is 1. The fourth-order valence-corrected chi connectivity index (χ4v) is 3.27. The highest BCUT2D eigenvalue weighted by Gasteiger charge is 2.31. The van der Waals surface area contributed by atoms with Crippen LogP contribution in [0.4, 0.5) is 16.2 Å². The van der Waals surface area contributed by atoms with Crippen molar-refractivity contribution >= 4 is 23.3 Å². The van der Waals surface area contributed by atoms with E-state index in [0.29, 0.717) is 12.2 Å². The van der Waals surface area contributed by atoms with Gasteiger partial charge in [-0.2, -0.15) is 0 Å². The number of fused-ring (bicyclic) bond motifs is 1. The zero-order valence-electron chi connectivity index (χ0n) is 15.2. The van der Waals surface area contributed by atoms with Gasteiger partial charge in [-0.25, -0.2) is 4.79 Å². The third kappa shape index (κ3) is 4.04. The summed E-state index contributed by atoms with van der Waals surface area (Å²) in [5, 5.41) is 5.63. The summed E-state index contributed by atoms with van der Waals surface area (Å²) in [5.74, 6) is -0.0755. The molecule has 0 aromatic heterocycles. The first-order valence-electron chi connectivity index (χ1n) is 9.08. The number of benzene rings is 2. The number of hydrogen-bond donors (Lipinski definition) is 2. The van der Waals surface area contributed by atoms with Crippen LogP contribution in [-0.2, 0) is 11.2 Å². The van der Waals surface area contributed by atoms with Crippen molar-refractivity contribution in [1.29, 1.82) is 0 Å². The Balaban J connectivity index is 1.74. The second-order valence-electron chi connectivity index (χ2n) is 6.91. The summed E-state index contributed by atoms with van der Waals surface area (Å²) in [6.07, 6.45) is 1.91. The lowest BCUT2D eigenvalue weighted by atomic mass is 9.98. The predicted octanol–water partition coefficient (Wildman–Crippen LogP) is 3.81. The summed E-state index contributed by atoms with van der Waals surface area (Å²) in [7, 11) is 0. The highest BCUT2D eigenvalue weighted by atomic mass is 16.2. The largest absolute Gasteiger partial charge is 0.326 e. The summed E-state index contributed by atoms with van der Waals surface area (Å²) >= 11 is 0. The fourth-order valence-electron chi connectivity index (χ4n) is 3.27. The minimum atomic E-state index is -0.579. The number of carbonyl (C=O) groups excluding carboxylic acids is 2. The monoisotopic (exact) mass is 351 g/mol. The van der Waals surface area contributed by atoms with Gasteiger partial charge in [-0.15, -0.1) is 0 Å². The molecule has 0 aliphatic carbocycles. The normalized spacial score (nSPS) is 14.5. The molecule has 1 aliphatic heterocycles. The summed E-state index contributed by atoms with van der Waals surface area (Å²) in [4.78, 5) is 27.4. The van der Waals surface area contributed by atoms with Crippen molar-refractivity contribution in [3.63, 3.8) is 0 Å². The molecule has 2 aromatic rings. The SMILES string of the molecule is CC(C)C(NC(=O)Nc1ccccc1)C(=O)N1CCCc2ccccc21. The molecule has 0 saturated carbocycles. The first-order valence-corrected chi connectivity index (χ1v) is 9.08. The van der Waals surface area contributed by atoms with Crippen molar-refractivity contribution in [1.82, 2.24) is 5.32 Å². The number of anilines is 2. The first-order chi connectivity index (χ1) is 12.6. The van der Waals surface area contributed by atoms with E-state index in [9.17, 15) is 9.59 Å². The molecule has 5 heteroatoms. The topological polar surface area (TPSA) is 61.4 Å². The maximum atomic E-state index is 13.2. The van der Waals surface area contributed by atoms with Gasteiger partial charge in [-0.05, 0) is 42.5 Å². The Morgan fingerprint density at radius 2 is 1.69 bits per heavy atom. The van der Waals surface area contributed by atoms with E-state index in [4.69, 9.17) is 0 Å². The van der Waals surface area contributed by atoms with E-state index < -0.39 is 6.04 Å². The van der Waals surface area contributed by atoms with Gasteiger partial charge in [0.1, 0.15) is 6.04 Å². The number of para-hydroxylation sites is 2. The molecule has 136 valence electrons. The second kappa shape index (κ2) is 8.04.